The van der Waals surface area contributed by atoms with Crippen LogP contribution in [0.15, 0.2) is 42.6 Å². The van der Waals surface area contributed by atoms with Crippen LogP contribution >= 0.6 is 11.8 Å². The maximum absolute atomic E-state index is 14.2. The topological polar surface area (TPSA) is 150 Å². The molecule has 0 radical (unpaired) electrons. The summed E-state index contributed by atoms with van der Waals surface area (Å²) in [5.74, 6) is -4.89. The van der Waals surface area contributed by atoms with E-state index in [0.29, 0.717) is 13.0 Å². The van der Waals surface area contributed by atoms with Crippen molar-refractivity contribution < 1.29 is 47.9 Å². The van der Waals surface area contributed by atoms with Gasteiger partial charge in [0.15, 0.2) is 17.5 Å². The lowest BCUT2D eigenvalue weighted by molar-refractivity contribution is -0.179. The van der Waals surface area contributed by atoms with E-state index in [1.165, 1.54) is 6.20 Å². The number of anilines is 1. The molecule has 4 N–H and O–H groups in total. The molecule has 0 bridgehead atoms. The minimum atomic E-state index is -1.64. The van der Waals surface area contributed by atoms with Crippen molar-refractivity contribution in [3.05, 3.63) is 65.6 Å². The van der Waals surface area contributed by atoms with Crippen LogP contribution in [-0.4, -0.2) is 102 Å². The Balaban J connectivity index is 1.31. The molecule has 0 saturated carbocycles. The standard InChI is InChI=1S/C29H31F3N4O7S/c30-17-11-16(12-18(31)22(17)32)19-13-36(34-33-19)23-24(38)21(14-37)43-28(25(23)39)44-26(29(41)6-9-42-10-7-29)27(40)35-8-5-15-3-1-2-4-20(15)35/h1-4,11-13,21,23-26,28,37-39,41H,5-10,14H2/t21-,23+,24+,25-,26+,28+/m1/s1. The van der Waals surface area contributed by atoms with Gasteiger partial charge in [0.25, 0.3) is 0 Å². The number of rotatable bonds is 7. The zero-order chi connectivity index (χ0) is 31.2. The first-order chi connectivity index (χ1) is 21.1. The summed E-state index contributed by atoms with van der Waals surface area (Å²) in [6.45, 7) is 0.188. The summed E-state index contributed by atoms with van der Waals surface area (Å²) >= 11 is 0.883. The number of benzene rings is 2. The molecular formula is C29H31F3N4O7S. The van der Waals surface area contributed by atoms with Gasteiger partial charge in [0.2, 0.25) is 5.91 Å². The molecule has 2 aromatic carbocycles. The average Bonchev–Trinajstić information content (AvgIpc) is 3.67. The SMILES string of the molecule is O=C([C@H](S[C@@H]1O[C@H](CO)[C@H](O)[C@H](n2cc(-c3cc(F)c(F)c(F)c3)nn2)[C@H]1O)C1(O)CCOCC1)N1CCc2ccccc21. The van der Waals surface area contributed by atoms with Crippen molar-refractivity contribution in [2.45, 2.75) is 59.9 Å². The van der Waals surface area contributed by atoms with Crippen molar-refractivity contribution in [1.82, 2.24) is 15.0 Å². The molecular weight excluding hydrogens is 605 g/mol. The number of nitrogens with zero attached hydrogens (tertiary/aromatic N) is 4. The number of hydrogen-bond acceptors (Lipinski definition) is 10. The monoisotopic (exact) mass is 636 g/mol. The van der Waals surface area contributed by atoms with Gasteiger partial charge < -0.3 is 34.8 Å². The molecule has 3 aliphatic rings. The second kappa shape index (κ2) is 12.4. The van der Waals surface area contributed by atoms with E-state index < -0.39 is 64.7 Å². The Bertz CT molecular complexity index is 1500. The third kappa shape index (κ3) is 5.62. The summed E-state index contributed by atoms with van der Waals surface area (Å²) in [7, 11) is 0. The van der Waals surface area contributed by atoms with Gasteiger partial charge in [-0.25, -0.2) is 17.9 Å². The molecule has 0 spiro atoms. The summed E-state index contributed by atoms with van der Waals surface area (Å²) in [4.78, 5) is 15.8. The van der Waals surface area contributed by atoms with Crippen LogP contribution < -0.4 is 4.90 Å². The van der Waals surface area contributed by atoms with Gasteiger partial charge in [0.1, 0.15) is 40.7 Å². The first-order valence-electron chi connectivity index (χ1n) is 14.2. The number of hydrogen-bond donors (Lipinski definition) is 4. The Morgan fingerprint density at radius 1 is 1.11 bits per heavy atom. The summed E-state index contributed by atoms with van der Waals surface area (Å²) in [5, 5.41) is 51.1. The number of ether oxygens (including phenoxy) is 2. The van der Waals surface area contributed by atoms with Crippen molar-refractivity contribution in [3.8, 4) is 11.3 Å². The quantitative estimate of drug-likeness (QED) is 0.282. The van der Waals surface area contributed by atoms with Crippen LogP contribution in [0, 0.1) is 17.5 Å². The first-order valence-corrected chi connectivity index (χ1v) is 15.1. The Morgan fingerprint density at radius 2 is 1.82 bits per heavy atom. The number of aliphatic hydroxyl groups is 4. The van der Waals surface area contributed by atoms with E-state index in [0.717, 1.165) is 39.8 Å². The molecule has 1 amide bonds. The maximum atomic E-state index is 14.2. The van der Waals surface area contributed by atoms with Crippen LogP contribution in [0.4, 0.5) is 18.9 Å². The number of thioether (sulfide) groups is 1. The lowest BCUT2D eigenvalue weighted by Crippen LogP contribution is -2.58. The minimum absolute atomic E-state index is 0.0734. The van der Waals surface area contributed by atoms with E-state index in [1.54, 1.807) is 4.90 Å². The van der Waals surface area contributed by atoms with E-state index >= 15 is 0 Å². The van der Waals surface area contributed by atoms with Gasteiger partial charge >= 0.3 is 0 Å². The summed E-state index contributed by atoms with van der Waals surface area (Å²) < 4.78 is 53.6. The molecule has 2 saturated heterocycles. The molecule has 6 rings (SSSR count). The summed E-state index contributed by atoms with van der Waals surface area (Å²) in [6.07, 6.45) is -2.15. The molecule has 44 heavy (non-hydrogen) atoms. The number of halogens is 3. The highest BCUT2D eigenvalue weighted by Gasteiger charge is 2.52. The highest BCUT2D eigenvalue weighted by molar-refractivity contribution is 8.01. The largest absolute Gasteiger partial charge is 0.394 e. The van der Waals surface area contributed by atoms with Crippen LogP contribution in [0.1, 0.15) is 24.4 Å². The number of fused-ring (bicyclic) bond motifs is 1. The average molecular weight is 637 g/mol. The van der Waals surface area contributed by atoms with E-state index in [-0.39, 0.29) is 43.2 Å². The van der Waals surface area contributed by atoms with Crippen LogP contribution in [0.5, 0.6) is 0 Å². The number of aromatic nitrogens is 3. The van der Waals surface area contributed by atoms with Gasteiger partial charge in [-0.15, -0.1) is 16.9 Å². The number of carbonyl (C=O) groups excluding carboxylic acids is 1. The van der Waals surface area contributed by atoms with E-state index in [2.05, 4.69) is 10.3 Å². The van der Waals surface area contributed by atoms with Crippen LogP contribution in [0.2, 0.25) is 0 Å². The number of aliphatic hydroxyl groups excluding tert-OH is 3. The summed E-state index contributed by atoms with van der Waals surface area (Å²) in [5.41, 5.74) is -1.24. The highest BCUT2D eigenvalue weighted by atomic mass is 32.2. The Labute approximate surface area is 254 Å². The number of amides is 1. The maximum Gasteiger partial charge on any atom is 0.243 e. The zero-order valence-electron chi connectivity index (χ0n) is 23.3. The molecule has 15 heteroatoms. The number of para-hydroxylation sites is 1. The molecule has 11 nitrogen and oxygen atoms in total. The molecule has 6 atom stereocenters. The van der Waals surface area contributed by atoms with Crippen molar-refractivity contribution in [2.75, 3.05) is 31.3 Å². The Kier molecular flexibility index (Phi) is 8.71. The van der Waals surface area contributed by atoms with Crippen LogP contribution in [0.3, 0.4) is 0 Å². The van der Waals surface area contributed by atoms with Crippen molar-refractivity contribution >= 4 is 23.4 Å². The minimum Gasteiger partial charge on any atom is -0.394 e. The fraction of sp³-hybridized carbons (Fsp3) is 0.483. The normalized spacial score (nSPS) is 27.2. The third-order valence-corrected chi connectivity index (χ3v) is 10.0. The van der Waals surface area contributed by atoms with Gasteiger partial charge in [-0.1, -0.05) is 23.4 Å². The molecule has 0 unspecified atom stereocenters. The molecule has 2 fully saturated rings. The van der Waals surface area contributed by atoms with E-state index in [9.17, 15) is 38.4 Å². The fourth-order valence-corrected chi connectivity index (χ4v) is 7.53. The Hall–Kier alpha value is -3.05. The van der Waals surface area contributed by atoms with Crippen LogP contribution in [-0.2, 0) is 20.7 Å². The van der Waals surface area contributed by atoms with E-state index in [1.807, 2.05) is 24.3 Å². The molecule has 4 heterocycles. The fourth-order valence-electron chi connectivity index (χ4n) is 6.00. The van der Waals surface area contributed by atoms with Crippen molar-refractivity contribution in [1.29, 1.82) is 0 Å². The van der Waals surface area contributed by atoms with Gasteiger partial charge in [-0.05, 0) is 30.2 Å². The molecule has 1 aromatic heterocycles. The lowest BCUT2D eigenvalue weighted by Gasteiger charge is -2.45. The second-order valence-electron chi connectivity index (χ2n) is 11.1. The predicted octanol–water partition coefficient (Wildman–Crippen LogP) is 1.58. The zero-order valence-corrected chi connectivity index (χ0v) is 24.1. The highest BCUT2D eigenvalue weighted by Crippen LogP contribution is 2.43. The smallest absolute Gasteiger partial charge is 0.243 e. The lowest BCUT2D eigenvalue weighted by atomic mass is 9.89. The van der Waals surface area contributed by atoms with Gasteiger partial charge in [0.05, 0.1) is 18.4 Å². The Morgan fingerprint density at radius 3 is 2.52 bits per heavy atom. The molecule has 236 valence electrons. The van der Waals surface area contributed by atoms with Gasteiger partial charge in [0, 0.05) is 43.9 Å². The summed E-state index contributed by atoms with van der Waals surface area (Å²) in [6, 6.07) is 7.65. The van der Waals surface area contributed by atoms with Gasteiger partial charge in [-0.2, -0.15) is 0 Å². The first kappa shape index (κ1) is 31.0. The van der Waals surface area contributed by atoms with Gasteiger partial charge in [-0.3, -0.25) is 4.79 Å². The number of carbonyl (C=O) groups is 1. The van der Waals surface area contributed by atoms with Crippen molar-refractivity contribution in [3.63, 3.8) is 0 Å². The van der Waals surface area contributed by atoms with Crippen LogP contribution in [0.25, 0.3) is 11.3 Å². The molecule has 3 aliphatic heterocycles. The van der Waals surface area contributed by atoms with E-state index in [4.69, 9.17) is 9.47 Å². The predicted molar refractivity (Wildman–Crippen MR) is 151 cm³/mol. The molecule has 0 aliphatic carbocycles. The third-order valence-electron chi connectivity index (χ3n) is 8.44. The van der Waals surface area contributed by atoms with Crippen molar-refractivity contribution in [2.24, 2.45) is 0 Å². The molecule has 3 aromatic rings. The second-order valence-corrected chi connectivity index (χ2v) is 12.3.